The van der Waals surface area contributed by atoms with Crippen LogP contribution in [-0.4, -0.2) is 58.0 Å². The average Bonchev–Trinajstić information content (AvgIpc) is 3.06. The molecule has 4 heterocycles. The molecule has 2 bridgehead atoms. The normalized spacial score (nSPS) is 29.0. The molecule has 1 unspecified atom stereocenters. The van der Waals surface area contributed by atoms with Crippen molar-refractivity contribution in [3.8, 4) is 0 Å². The second kappa shape index (κ2) is 7.70. The number of hydrogen-bond acceptors (Lipinski definition) is 5. The topological polar surface area (TPSA) is 99.4 Å². The Kier molecular flexibility index (Phi) is 5.37. The first-order chi connectivity index (χ1) is 12.5. The molecule has 2 N–H and O–H groups in total. The SMILES string of the molecule is O=C(O)/C=C/C(=O)O.c1ccc(C2=NOC3(C2)CN2CCC3CC2)cc1. The van der Waals surface area contributed by atoms with Crippen molar-refractivity contribution in [3.05, 3.63) is 48.0 Å². The number of carbonyl (C=O) groups is 2. The summed E-state index contributed by atoms with van der Waals surface area (Å²) >= 11 is 0. The Bertz CT molecular complexity index is 707. The largest absolute Gasteiger partial charge is 0.478 e. The summed E-state index contributed by atoms with van der Waals surface area (Å²) in [7, 11) is 0. The van der Waals surface area contributed by atoms with Crippen LogP contribution in [0.1, 0.15) is 24.8 Å². The minimum Gasteiger partial charge on any atom is -0.478 e. The molecule has 1 aromatic carbocycles. The Hall–Kier alpha value is -2.67. The lowest BCUT2D eigenvalue weighted by Gasteiger charge is -2.49. The van der Waals surface area contributed by atoms with Crippen molar-refractivity contribution in [2.24, 2.45) is 11.1 Å². The van der Waals surface area contributed by atoms with Gasteiger partial charge in [-0.15, -0.1) is 0 Å². The van der Waals surface area contributed by atoms with Crippen LogP contribution in [0.2, 0.25) is 0 Å². The molecule has 1 spiro atoms. The van der Waals surface area contributed by atoms with E-state index in [2.05, 4.69) is 34.3 Å². The number of oxime groups is 1. The summed E-state index contributed by atoms with van der Waals surface area (Å²) in [5.74, 6) is -1.81. The van der Waals surface area contributed by atoms with E-state index in [1.165, 1.54) is 31.5 Å². The van der Waals surface area contributed by atoms with Crippen LogP contribution in [0.25, 0.3) is 0 Å². The highest BCUT2D eigenvalue weighted by Gasteiger charge is 2.52. The number of carboxylic acids is 2. The number of benzene rings is 1. The van der Waals surface area contributed by atoms with Crippen LogP contribution < -0.4 is 0 Å². The number of hydrogen-bond donors (Lipinski definition) is 2. The Morgan fingerprint density at radius 1 is 1.12 bits per heavy atom. The van der Waals surface area contributed by atoms with Crippen molar-refractivity contribution in [1.29, 1.82) is 0 Å². The molecule has 4 aliphatic heterocycles. The number of aliphatic carboxylic acids is 2. The highest BCUT2D eigenvalue weighted by Crippen LogP contribution is 2.44. The molecule has 3 saturated heterocycles. The summed E-state index contributed by atoms with van der Waals surface area (Å²) in [6.07, 6.45) is 4.65. The zero-order chi connectivity index (χ0) is 18.6. The molecule has 3 fully saturated rings. The van der Waals surface area contributed by atoms with Crippen LogP contribution in [0.5, 0.6) is 0 Å². The van der Waals surface area contributed by atoms with Gasteiger partial charge in [0.25, 0.3) is 0 Å². The third-order valence-corrected chi connectivity index (χ3v) is 5.10. The van der Waals surface area contributed by atoms with Gasteiger partial charge in [0.15, 0.2) is 5.60 Å². The Labute approximate surface area is 151 Å². The molecule has 7 nitrogen and oxygen atoms in total. The second-order valence-electron chi connectivity index (χ2n) is 6.80. The fraction of sp³-hybridized carbons (Fsp3) is 0.421. The zero-order valence-electron chi connectivity index (χ0n) is 14.4. The minimum absolute atomic E-state index is 0.0122. The molecule has 0 aromatic heterocycles. The molecule has 1 aromatic rings. The first-order valence-corrected chi connectivity index (χ1v) is 8.65. The monoisotopic (exact) mass is 358 g/mol. The van der Waals surface area contributed by atoms with Gasteiger partial charge >= 0.3 is 11.9 Å². The third-order valence-electron chi connectivity index (χ3n) is 5.10. The van der Waals surface area contributed by atoms with Gasteiger partial charge in [-0.2, -0.15) is 0 Å². The van der Waals surface area contributed by atoms with Crippen LogP contribution in [-0.2, 0) is 14.4 Å². The van der Waals surface area contributed by atoms with E-state index in [9.17, 15) is 9.59 Å². The average molecular weight is 358 g/mol. The lowest BCUT2D eigenvalue weighted by atomic mass is 9.72. The molecular weight excluding hydrogens is 336 g/mol. The van der Waals surface area contributed by atoms with E-state index in [-0.39, 0.29) is 5.60 Å². The summed E-state index contributed by atoms with van der Waals surface area (Å²) in [6.45, 7) is 3.56. The summed E-state index contributed by atoms with van der Waals surface area (Å²) in [5, 5.41) is 20.0. The van der Waals surface area contributed by atoms with Gasteiger partial charge in [-0.05, 0) is 31.5 Å². The van der Waals surface area contributed by atoms with E-state index in [1.54, 1.807) is 0 Å². The number of rotatable bonds is 3. The molecule has 26 heavy (non-hydrogen) atoms. The van der Waals surface area contributed by atoms with Crippen LogP contribution in [0.4, 0.5) is 0 Å². The van der Waals surface area contributed by atoms with Crippen molar-refractivity contribution < 1.29 is 24.6 Å². The zero-order valence-corrected chi connectivity index (χ0v) is 14.4. The van der Waals surface area contributed by atoms with E-state index < -0.39 is 11.9 Å². The standard InChI is InChI=1S/C15H18N2O.C4H4O4/c1-2-4-12(5-3-1)14-10-15(18-16-14)11-17-8-6-13(15)7-9-17;5-3(6)1-2-4(7)8/h1-5,13H,6-11H2;1-2H,(H,5,6)(H,7,8)/b;2-1+. The van der Waals surface area contributed by atoms with Gasteiger partial charge in [-0.1, -0.05) is 35.5 Å². The van der Waals surface area contributed by atoms with E-state index in [4.69, 9.17) is 15.1 Å². The lowest BCUT2D eigenvalue weighted by molar-refractivity contribution is -0.136. The predicted molar refractivity (Wildman–Crippen MR) is 95.0 cm³/mol. The fourth-order valence-corrected chi connectivity index (χ4v) is 3.85. The smallest absolute Gasteiger partial charge is 0.328 e. The lowest BCUT2D eigenvalue weighted by Crippen LogP contribution is -2.59. The summed E-state index contributed by atoms with van der Waals surface area (Å²) in [5.41, 5.74) is 2.33. The quantitative estimate of drug-likeness (QED) is 0.802. The Morgan fingerprint density at radius 2 is 1.73 bits per heavy atom. The molecule has 5 rings (SSSR count). The number of fused-ring (bicyclic) bond motifs is 2. The summed E-state index contributed by atoms with van der Waals surface area (Å²) in [4.78, 5) is 27.6. The van der Waals surface area contributed by atoms with Gasteiger partial charge in [0, 0.05) is 31.0 Å². The molecule has 0 radical (unpaired) electrons. The van der Waals surface area contributed by atoms with Crippen molar-refractivity contribution >= 4 is 17.7 Å². The number of nitrogens with zero attached hydrogens (tertiary/aromatic N) is 2. The summed E-state index contributed by atoms with van der Waals surface area (Å²) in [6, 6.07) is 10.4. The van der Waals surface area contributed by atoms with Crippen LogP contribution >= 0.6 is 0 Å². The van der Waals surface area contributed by atoms with E-state index >= 15 is 0 Å². The highest BCUT2D eigenvalue weighted by atomic mass is 16.7. The van der Waals surface area contributed by atoms with Gasteiger partial charge in [0.1, 0.15) is 0 Å². The minimum atomic E-state index is -1.26. The molecule has 0 aliphatic carbocycles. The number of piperidine rings is 3. The molecule has 0 saturated carbocycles. The molecule has 7 heteroatoms. The maximum Gasteiger partial charge on any atom is 0.328 e. The van der Waals surface area contributed by atoms with Crippen molar-refractivity contribution in [2.75, 3.05) is 19.6 Å². The van der Waals surface area contributed by atoms with Gasteiger partial charge in [0.2, 0.25) is 0 Å². The van der Waals surface area contributed by atoms with Gasteiger partial charge in [-0.3, -0.25) is 4.90 Å². The van der Waals surface area contributed by atoms with E-state index in [0.29, 0.717) is 18.1 Å². The van der Waals surface area contributed by atoms with Crippen LogP contribution in [0.15, 0.2) is 47.6 Å². The van der Waals surface area contributed by atoms with Crippen LogP contribution in [0.3, 0.4) is 0 Å². The first kappa shape index (κ1) is 18.1. The van der Waals surface area contributed by atoms with Gasteiger partial charge in [0.05, 0.1) is 5.71 Å². The number of carboxylic acid groups (broad SMARTS) is 2. The van der Waals surface area contributed by atoms with E-state index in [1.807, 2.05) is 6.07 Å². The maximum atomic E-state index is 9.55. The molecular formula is C19H22N2O5. The Morgan fingerprint density at radius 3 is 2.23 bits per heavy atom. The highest BCUT2D eigenvalue weighted by molar-refractivity contribution is 6.01. The Balaban J connectivity index is 0.000000211. The second-order valence-corrected chi connectivity index (χ2v) is 6.80. The van der Waals surface area contributed by atoms with Crippen molar-refractivity contribution in [1.82, 2.24) is 4.90 Å². The molecule has 1 atom stereocenters. The maximum absolute atomic E-state index is 9.55. The van der Waals surface area contributed by atoms with Crippen LogP contribution in [0, 0.1) is 5.92 Å². The molecule has 0 amide bonds. The fourth-order valence-electron chi connectivity index (χ4n) is 3.85. The van der Waals surface area contributed by atoms with Gasteiger partial charge < -0.3 is 15.1 Å². The van der Waals surface area contributed by atoms with Gasteiger partial charge in [-0.25, -0.2) is 9.59 Å². The molecule has 4 aliphatic rings. The van der Waals surface area contributed by atoms with Crippen molar-refractivity contribution in [2.45, 2.75) is 24.9 Å². The predicted octanol–water partition coefficient (Wildman–Crippen LogP) is 1.99. The first-order valence-electron chi connectivity index (χ1n) is 8.65. The van der Waals surface area contributed by atoms with E-state index in [0.717, 1.165) is 18.7 Å². The third kappa shape index (κ3) is 4.11. The summed E-state index contributed by atoms with van der Waals surface area (Å²) < 4.78 is 0. The van der Waals surface area contributed by atoms with Crippen molar-refractivity contribution in [3.63, 3.8) is 0 Å². The molecule has 138 valence electrons.